The summed E-state index contributed by atoms with van der Waals surface area (Å²) in [7, 11) is 0. The molecule has 1 nitrogen and oxygen atoms in total. The summed E-state index contributed by atoms with van der Waals surface area (Å²) in [5.41, 5.74) is 1.01. The van der Waals surface area contributed by atoms with Crippen LogP contribution in [0.1, 0.15) is 30.9 Å². The lowest BCUT2D eigenvalue weighted by molar-refractivity contribution is 0.411. The average Bonchev–Trinajstić information content (AvgIpc) is 2.23. The van der Waals surface area contributed by atoms with Gasteiger partial charge in [-0.1, -0.05) is 24.1 Å². The second kappa shape index (κ2) is 5.69. The normalized spacial score (nSPS) is 20.8. The first-order valence-electron chi connectivity index (χ1n) is 4.96. The van der Waals surface area contributed by atoms with Gasteiger partial charge in [-0.05, 0) is 37.1 Å². The van der Waals surface area contributed by atoms with Crippen molar-refractivity contribution in [2.24, 2.45) is 0 Å². The monoisotopic (exact) mass is 249 g/mol. The number of rotatable bonds is 1. The van der Waals surface area contributed by atoms with Crippen LogP contribution in [-0.4, -0.2) is 6.54 Å². The van der Waals surface area contributed by atoms with Crippen molar-refractivity contribution in [2.75, 3.05) is 6.54 Å². The summed E-state index contributed by atoms with van der Waals surface area (Å²) in [6.45, 7) is 1.02. The van der Waals surface area contributed by atoms with Crippen molar-refractivity contribution < 1.29 is 4.39 Å². The van der Waals surface area contributed by atoms with Gasteiger partial charge in [-0.15, -0.1) is 12.4 Å². The van der Waals surface area contributed by atoms with E-state index in [0.717, 1.165) is 18.5 Å². The maximum absolute atomic E-state index is 13.2. The van der Waals surface area contributed by atoms with Crippen LogP contribution in [0.15, 0.2) is 18.2 Å². The van der Waals surface area contributed by atoms with Crippen LogP contribution in [0.5, 0.6) is 0 Å². The molecule has 1 saturated heterocycles. The maximum Gasteiger partial charge on any atom is 0.142 e. The van der Waals surface area contributed by atoms with Gasteiger partial charge in [-0.3, -0.25) is 0 Å². The zero-order chi connectivity index (χ0) is 9.97. The molecule has 0 aromatic heterocycles. The molecule has 1 aliphatic rings. The van der Waals surface area contributed by atoms with Crippen LogP contribution in [-0.2, 0) is 0 Å². The van der Waals surface area contributed by atoms with Gasteiger partial charge in [0, 0.05) is 6.04 Å². The number of halogens is 3. The Hall–Kier alpha value is -0.310. The lowest BCUT2D eigenvalue weighted by atomic mass is 9.98. The molecular formula is C11H14Cl2FN. The van der Waals surface area contributed by atoms with Crippen LogP contribution in [0.4, 0.5) is 4.39 Å². The first kappa shape index (κ1) is 12.8. The lowest BCUT2D eigenvalue weighted by Crippen LogP contribution is -2.26. The van der Waals surface area contributed by atoms with Crippen LogP contribution in [0.25, 0.3) is 0 Å². The van der Waals surface area contributed by atoms with Crippen molar-refractivity contribution in [3.63, 3.8) is 0 Å². The Bertz CT molecular complexity index is 324. The van der Waals surface area contributed by atoms with Crippen molar-refractivity contribution in [1.82, 2.24) is 5.32 Å². The molecule has 0 bridgehead atoms. The smallest absolute Gasteiger partial charge is 0.142 e. The van der Waals surface area contributed by atoms with Crippen LogP contribution in [0.3, 0.4) is 0 Å². The zero-order valence-electron chi connectivity index (χ0n) is 8.30. The van der Waals surface area contributed by atoms with Crippen molar-refractivity contribution in [2.45, 2.75) is 25.3 Å². The summed E-state index contributed by atoms with van der Waals surface area (Å²) < 4.78 is 13.2. The Balaban J connectivity index is 0.00000112. The Morgan fingerprint density at radius 3 is 2.73 bits per heavy atom. The highest BCUT2D eigenvalue weighted by molar-refractivity contribution is 6.30. The molecule has 1 aliphatic heterocycles. The van der Waals surface area contributed by atoms with Gasteiger partial charge in [0.15, 0.2) is 0 Å². The van der Waals surface area contributed by atoms with Gasteiger partial charge in [0.05, 0.1) is 5.02 Å². The van der Waals surface area contributed by atoms with Crippen molar-refractivity contribution >= 4 is 24.0 Å². The third-order valence-corrected chi connectivity index (χ3v) is 2.96. The molecule has 1 N–H and O–H groups in total. The Kier molecular flexibility index (Phi) is 4.84. The molecule has 0 amide bonds. The minimum absolute atomic E-state index is 0. The molecule has 84 valence electrons. The highest BCUT2D eigenvalue weighted by Gasteiger charge is 2.15. The van der Waals surface area contributed by atoms with E-state index in [1.54, 1.807) is 6.07 Å². The molecule has 2 rings (SSSR count). The molecule has 0 aliphatic carbocycles. The predicted octanol–water partition coefficient (Wildman–Crippen LogP) is 3.72. The molecule has 0 spiro atoms. The molecule has 0 unspecified atom stereocenters. The summed E-state index contributed by atoms with van der Waals surface area (Å²) in [4.78, 5) is 0. The van der Waals surface area contributed by atoms with Crippen molar-refractivity contribution in [1.29, 1.82) is 0 Å². The van der Waals surface area contributed by atoms with E-state index in [4.69, 9.17) is 11.6 Å². The third-order valence-electron chi connectivity index (χ3n) is 2.66. The van der Waals surface area contributed by atoms with Gasteiger partial charge in [0.2, 0.25) is 0 Å². The van der Waals surface area contributed by atoms with Gasteiger partial charge in [-0.2, -0.15) is 0 Å². The number of piperidine rings is 1. The molecule has 15 heavy (non-hydrogen) atoms. The van der Waals surface area contributed by atoms with E-state index in [-0.39, 0.29) is 23.2 Å². The molecule has 1 aromatic rings. The Labute approximate surface area is 100 Å². The fourth-order valence-corrected chi connectivity index (χ4v) is 1.98. The number of hydrogen-bond acceptors (Lipinski definition) is 1. The predicted molar refractivity (Wildman–Crippen MR) is 63.3 cm³/mol. The number of hydrogen-bond donors (Lipinski definition) is 1. The second-order valence-corrected chi connectivity index (χ2v) is 4.08. The molecule has 4 heteroatoms. The van der Waals surface area contributed by atoms with Gasteiger partial charge < -0.3 is 5.32 Å². The van der Waals surface area contributed by atoms with Gasteiger partial charge >= 0.3 is 0 Å². The van der Waals surface area contributed by atoms with Crippen LogP contribution in [0.2, 0.25) is 5.02 Å². The standard InChI is InChI=1S/C11H13ClFN.ClH/c12-9-5-4-8(7-10(9)13)11-3-1-2-6-14-11;/h4-5,7,11,14H,1-3,6H2;1H/t11-;/m0./s1. The van der Waals surface area contributed by atoms with Crippen LogP contribution >= 0.6 is 24.0 Å². The first-order chi connectivity index (χ1) is 6.77. The van der Waals surface area contributed by atoms with E-state index in [1.807, 2.05) is 6.07 Å². The summed E-state index contributed by atoms with van der Waals surface area (Å²) in [5.74, 6) is -0.323. The highest BCUT2D eigenvalue weighted by atomic mass is 35.5. The van der Waals surface area contributed by atoms with E-state index in [1.165, 1.54) is 18.9 Å². The minimum Gasteiger partial charge on any atom is -0.310 e. The zero-order valence-corrected chi connectivity index (χ0v) is 9.87. The van der Waals surface area contributed by atoms with Crippen LogP contribution < -0.4 is 5.32 Å². The molecule has 0 saturated carbocycles. The van der Waals surface area contributed by atoms with Crippen LogP contribution in [0, 0.1) is 5.82 Å². The minimum atomic E-state index is -0.323. The van der Waals surface area contributed by atoms with E-state index in [2.05, 4.69) is 5.32 Å². The number of nitrogens with one attached hydrogen (secondary N) is 1. The summed E-state index contributed by atoms with van der Waals surface area (Å²) >= 11 is 5.62. The van der Waals surface area contributed by atoms with Crippen molar-refractivity contribution in [3.05, 3.63) is 34.6 Å². The topological polar surface area (TPSA) is 12.0 Å². The Morgan fingerprint density at radius 1 is 1.33 bits per heavy atom. The van der Waals surface area contributed by atoms with Gasteiger partial charge in [0.25, 0.3) is 0 Å². The molecule has 1 atom stereocenters. The summed E-state index contributed by atoms with van der Waals surface area (Å²) in [5, 5.41) is 3.57. The molecule has 1 aromatic carbocycles. The van der Waals surface area contributed by atoms with E-state index in [0.29, 0.717) is 6.04 Å². The SMILES string of the molecule is Cl.Fc1cc([C@@H]2CCCCN2)ccc1Cl. The second-order valence-electron chi connectivity index (χ2n) is 3.68. The number of benzene rings is 1. The molecule has 0 radical (unpaired) electrons. The third kappa shape index (κ3) is 3.07. The highest BCUT2D eigenvalue weighted by Crippen LogP contribution is 2.25. The molecular weight excluding hydrogens is 236 g/mol. The van der Waals surface area contributed by atoms with E-state index in [9.17, 15) is 4.39 Å². The molecule has 1 heterocycles. The largest absolute Gasteiger partial charge is 0.310 e. The average molecular weight is 250 g/mol. The lowest BCUT2D eigenvalue weighted by Gasteiger charge is -2.23. The summed E-state index contributed by atoms with van der Waals surface area (Å²) in [6.07, 6.45) is 3.51. The van der Waals surface area contributed by atoms with E-state index < -0.39 is 0 Å². The summed E-state index contributed by atoms with van der Waals surface area (Å²) in [6, 6.07) is 5.36. The molecule has 1 fully saturated rings. The van der Waals surface area contributed by atoms with E-state index >= 15 is 0 Å². The fraction of sp³-hybridized carbons (Fsp3) is 0.455. The Morgan fingerprint density at radius 2 is 2.13 bits per heavy atom. The van der Waals surface area contributed by atoms with Crippen molar-refractivity contribution in [3.8, 4) is 0 Å². The van der Waals surface area contributed by atoms with Gasteiger partial charge in [-0.25, -0.2) is 4.39 Å². The maximum atomic E-state index is 13.2. The quantitative estimate of drug-likeness (QED) is 0.801. The first-order valence-corrected chi connectivity index (χ1v) is 5.33. The fourth-order valence-electron chi connectivity index (χ4n) is 1.87. The van der Waals surface area contributed by atoms with Gasteiger partial charge in [0.1, 0.15) is 5.82 Å².